The fraction of sp³-hybridized carbons (Fsp3) is 0. The number of halogens is 2. The van der Waals surface area contributed by atoms with Gasteiger partial charge in [-0.3, -0.25) is 0 Å². The Morgan fingerprint density at radius 2 is 1.64 bits per heavy atom. The fourth-order valence-electron chi connectivity index (χ4n) is 1.30. The van der Waals surface area contributed by atoms with Gasteiger partial charge in [-0.05, 0) is 23.6 Å². The quantitative estimate of drug-likeness (QED) is 0.679. The molecular weight excluding hydrogens is 190 g/mol. The van der Waals surface area contributed by atoms with E-state index in [1.165, 1.54) is 12.1 Å². The topological polar surface area (TPSA) is 40.5 Å². The van der Waals surface area contributed by atoms with E-state index in [0.717, 1.165) is 12.1 Å². The Morgan fingerprint density at radius 3 is 2.36 bits per heavy atom. The molecule has 14 heavy (non-hydrogen) atoms. The van der Waals surface area contributed by atoms with Gasteiger partial charge in [0.25, 0.3) is 0 Å². The maximum atomic E-state index is 13.2. The van der Waals surface area contributed by atoms with E-state index < -0.39 is 17.4 Å². The molecule has 0 spiro atoms. The number of aromatic hydroxyl groups is 2. The van der Waals surface area contributed by atoms with Crippen LogP contribution in [0.1, 0.15) is 0 Å². The van der Waals surface area contributed by atoms with Gasteiger partial charge >= 0.3 is 0 Å². The molecule has 0 atom stereocenters. The van der Waals surface area contributed by atoms with Crippen LogP contribution in [-0.2, 0) is 0 Å². The summed E-state index contributed by atoms with van der Waals surface area (Å²) in [4.78, 5) is 0. The molecule has 0 saturated heterocycles. The average molecular weight is 196 g/mol. The minimum absolute atomic E-state index is 0.0553. The summed E-state index contributed by atoms with van der Waals surface area (Å²) in [7, 11) is 0. The highest BCUT2D eigenvalue weighted by atomic mass is 19.2. The molecule has 0 heterocycles. The van der Waals surface area contributed by atoms with Crippen LogP contribution in [0.4, 0.5) is 8.78 Å². The molecular formula is C10H6F2O2. The largest absolute Gasteiger partial charge is 0.508 e. The summed E-state index contributed by atoms with van der Waals surface area (Å²) in [5.41, 5.74) is 0. The van der Waals surface area contributed by atoms with E-state index in [4.69, 9.17) is 10.2 Å². The first-order valence-corrected chi connectivity index (χ1v) is 3.89. The van der Waals surface area contributed by atoms with Crippen molar-refractivity contribution in [3.63, 3.8) is 0 Å². The summed E-state index contributed by atoms with van der Waals surface area (Å²) in [6.45, 7) is 0. The summed E-state index contributed by atoms with van der Waals surface area (Å²) in [5.74, 6) is -3.35. The lowest BCUT2D eigenvalue weighted by atomic mass is 10.1. The molecule has 0 aromatic heterocycles. The summed E-state index contributed by atoms with van der Waals surface area (Å²) >= 11 is 0. The fourth-order valence-corrected chi connectivity index (χ4v) is 1.30. The third-order valence-corrected chi connectivity index (χ3v) is 1.98. The van der Waals surface area contributed by atoms with Crippen LogP contribution in [0, 0.1) is 11.6 Å². The molecule has 2 aromatic rings. The zero-order valence-electron chi connectivity index (χ0n) is 6.96. The monoisotopic (exact) mass is 196 g/mol. The van der Waals surface area contributed by atoms with Crippen molar-refractivity contribution in [3.8, 4) is 11.5 Å². The van der Waals surface area contributed by atoms with Crippen molar-refractivity contribution >= 4 is 10.8 Å². The van der Waals surface area contributed by atoms with Gasteiger partial charge in [-0.2, -0.15) is 4.39 Å². The first-order chi connectivity index (χ1) is 6.59. The van der Waals surface area contributed by atoms with Crippen molar-refractivity contribution in [1.82, 2.24) is 0 Å². The molecule has 0 fully saturated rings. The Kier molecular flexibility index (Phi) is 1.77. The van der Waals surface area contributed by atoms with Crippen molar-refractivity contribution in [3.05, 3.63) is 35.9 Å². The Balaban J connectivity index is 2.92. The molecule has 72 valence electrons. The molecule has 0 aliphatic rings. The second-order valence-electron chi connectivity index (χ2n) is 2.93. The van der Waals surface area contributed by atoms with E-state index in [1.54, 1.807) is 0 Å². The summed E-state index contributed by atoms with van der Waals surface area (Å²) in [6.07, 6.45) is 0. The van der Waals surface area contributed by atoms with Crippen molar-refractivity contribution in [2.45, 2.75) is 0 Å². The third-order valence-electron chi connectivity index (χ3n) is 1.98. The predicted octanol–water partition coefficient (Wildman–Crippen LogP) is 2.53. The molecule has 4 heteroatoms. The number of phenols is 2. The van der Waals surface area contributed by atoms with Crippen LogP contribution in [0.5, 0.6) is 11.5 Å². The Bertz CT molecular complexity index is 509. The standard InChI is InChI=1S/C10H6F2O2/c11-9-7-4-6(13)2-1-5(7)3-8(14)10(9)12/h1-4,13-14H. The number of hydrogen-bond acceptors (Lipinski definition) is 2. The minimum atomic E-state index is -1.30. The lowest BCUT2D eigenvalue weighted by molar-refractivity contribution is 0.410. The van der Waals surface area contributed by atoms with Crippen LogP contribution in [-0.4, -0.2) is 10.2 Å². The zero-order chi connectivity index (χ0) is 10.3. The molecule has 2 rings (SSSR count). The van der Waals surface area contributed by atoms with Gasteiger partial charge in [-0.25, -0.2) is 4.39 Å². The average Bonchev–Trinajstić information content (AvgIpc) is 2.16. The van der Waals surface area contributed by atoms with Crippen molar-refractivity contribution < 1.29 is 19.0 Å². The van der Waals surface area contributed by atoms with Gasteiger partial charge in [0.15, 0.2) is 11.6 Å². The highest BCUT2D eigenvalue weighted by Crippen LogP contribution is 2.29. The molecule has 2 N–H and O–H groups in total. The van der Waals surface area contributed by atoms with Crippen LogP contribution in [0.3, 0.4) is 0 Å². The Morgan fingerprint density at radius 1 is 0.929 bits per heavy atom. The highest BCUT2D eigenvalue weighted by molar-refractivity contribution is 5.85. The van der Waals surface area contributed by atoms with E-state index in [9.17, 15) is 8.78 Å². The molecule has 0 aliphatic heterocycles. The molecule has 0 aliphatic carbocycles. The number of rotatable bonds is 0. The van der Waals surface area contributed by atoms with E-state index >= 15 is 0 Å². The van der Waals surface area contributed by atoms with Gasteiger partial charge in [0.1, 0.15) is 5.75 Å². The number of fused-ring (bicyclic) bond motifs is 1. The predicted molar refractivity (Wildman–Crippen MR) is 47.2 cm³/mol. The van der Waals surface area contributed by atoms with Crippen LogP contribution in [0.15, 0.2) is 24.3 Å². The maximum Gasteiger partial charge on any atom is 0.201 e. The van der Waals surface area contributed by atoms with Gasteiger partial charge in [-0.15, -0.1) is 0 Å². The van der Waals surface area contributed by atoms with Gasteiger partial charge in [0.05, 0.1) is 0 Å². The van der Waals surface area contributed by atoms with Gasteiger partial charge in [-0.1, -0.05) is 6.07 Å². The first-order valence-electron chi connectivity index (χ1n) is 3.89. The lowest BCUT2D eigenvalue weighted by Crippen LogP contribution is -1.87. The van der Waals surface area contributed by atoms with Crippen LogP contribution >= 0.6 is 0 Å². The van der Waals surface area contributed by atoms with Gasteiger partial charge in [0.2, 0.25) is 5.82 Å². The molecule has 0 radical (unpaired) electrons. The molecule has 0 amide bonds. The zero-order valence-corrected chi connectivity index (χ0v) is 6.96. The number of hydrogen-bond donors (Lipinski definition) is 2. The highest BCUT2D eigenvalue weighted by Gasteiger charge is 2.12. The summed E-state index contributed by atoms with van der Waals surface area (Å²) < 4.78 is 26.1. The smallest absolute Gasteiger partial charge is 0.201 e. The molecule has 2 aromatic carbocycles. The SMILES string of the molecule is Oc1ccc2cc(O)c(F)c(F)c2c1. The molecule has 0 bridgehead atoms. The minimum Gasteiger partial charge on any atom is -0.508 e. The molecule has 0 unspecified atom stereocenters. The molecule has 2 nitrogen and oxygen atoms in total. The third kappa shape index (κ3) is 1.16. The number of phenolic OH excluding ortho intramolecular Hbond substituents is 2. The van der Waals surface area contributed by atoms with E-state index in [-0.39, 0.29) is 11.1 Å². The Labute approximate surface area is 78.0 Å². The summed E-state index contributed by atoms with van der Waals surface area (Å²) in [6, 6.07) is 4.94. The maximum absolute atomic E-state index is 13.2. The van der Waals surface area contributed by atoms with Crippen molar-refractivity contribution in [1.29, 1.82) is 0 Å². The second-order valence-corrected chi connectivity index (χ2v) is 2.93. The van der Waals surface area contributed by atoms with Crippen LogP contribution in [0.25, 0.3) is 10.8 Å². The second kappa shape index (κ2) is 2.83. The Hall–Kier alpha value is -1.84. The first kappa shape index (κ1) is 8.74. The van der Waals surface area contributed by atoms with E-state index in [1.807, 2.05) is 0 Å². The lowest BCUT2D eigenvalue weighted by Gasteiger charge is -2.03. The van der Waals surface area contributed by atoms with Gasteiger partial charge in [0, 0.05) is 5.39 Å². The normalized spacial score (nSPS) is 10.7. The number of benzene rings is 2. The van der Waals surface area contributed by atoms with Crippen molar-refractivity contribution in [2.75, 3.05) is 0 Å². The van der Waals surface area contributed by atoms with E-state index in [2.05, 4.69) is 0 Å². The van der Waals surface area contributed by atoms with Crippen LogP contribution in [0.2, 0.25) is 0 Å². The van der Waals surface area contributed by atoms with Crippen molar-refractivity contribution in [2.24, 2.45) is 0 Å². The van der Waals surface area contributed by atoms with Gasteiger partial charge < -0.3 is 10.2 Å². The molecule has 0 saturated carbocycles. The van der Waals surface area contributed by atoms with E-state index in [0.29, 0.717) is 5.39 Å². The van der Waals surface area contributed by atoms with Crippen LogP contribution < -0.4 is 0 Å². The summed E-state index contributed by atoms with van der Waals surface area (Å²) in [5, 5.41) is 18.3.